The van der Waals surface area contributed by atoms with Crippen molar-refractivity contribution < 1.29 is 9.90 Å². The van der Waals surface area contributed by atoms with Gasteiger partial charge < -0.3 is 15.4 Å². The number of aromatic nitrogens is 1. The van der Waals surface area contributed by atoms with E-state index in [1.54, 1.807) is 0 Å². The van der Waals surface area contributed by atoms with Gasteiger partial charge in [0, 0.05) is 30.6 Å². The first kappa shape index (κ1) is 19.4. The Morgan fingerprint density at radius 1 is 1.14 bits per heavy atom. The molecule has 2 unspecified atom stereocenters. The maximum Gasteiger partial charge on any atom is 0.179 e. The van der Waals surface area contributed by atoms with Crippen LogP contribution < -0.4 is 5.73 Å². The fraction of sp³-hybridized carbons (Fsp3) is 0.542. The molecule has 2 aromatic rings. The summed E-state index contributed by atoms with van der Waals surface area (Å²) in [5.74, 6) is 1.33. The molecule has 3 N–H and O–H groups in total. The Morgan fingerprint density at radius 2 is 1.89 bits per heavy atom. The van der Waals surface area contributed by atoms with Crippen molar-refractivity contribution in [2.45, 2.75) is 68.7 Å². The average molecular weight is 381 g/mol. The van der Waals surface area contributed by atoms with E-state index >= 15 is 0 Å². The summed E-state index contributed by atoms with van der Waals surface area (Å²) >= 11 is 0. The predicted octanol–water partition coefficient (Wildman–Crippen LogP) is 4.07. The number of carbonyl (C=O) groups excluding carboxylic acids is 1. The lowest BCUT2D eigenvalue weighted by atomic mass is 9.97. The van der Waals surface area contributed by atoms with Gasteiger partial charge in [0.05, 0.1) is 12.3 Å². The van der Waals surface area contributed by atoms with Crippen molar-refractivity contribution in [1.29, 1.82) is 0 Å². The van der Waals surface area contributed by atoms with Crippen molar-refractivity contribution in [2.24, 2.45) is 12.8 Å². The Kier molecular flexibility index (Phi) is 5.44. The van der Waals surface area contributed by atoms with Crippen LogP contribution in [0.1, 0.15) is 84.1 Å². The zero-order valence-electron chi connectivity index (χ0n) is 16.9. The van der Waals surface area contributed by atoms with Gasteiger partial charge in [-0.15, -0.1) is 0 Å². The number of ketones is 1. The smallest absolute Gasteiger partial charge is 0.179 e. The van der Waals surface area contributed by atoms with E-state index in [0.717, 1.165) is 43.7 Å². The minimum Gasteiger partial charge on any atom is -0.394 e. The van der Waals surface area contributed by atoms with Crippen LogP contribution in [0.2, 0.25) is 0 Å². The largest absolute Gasteiger partial charge is 0.394 e. The zero-order chi connectivity index (χ0) is 19.7. The van der Waals surface area contributed by atoms with E-state index in [0.29, 0.717) is 12.3 Å². The molecular formula is C24H32N2O2. The molecule has 4 heteroatoms. The van der Waals surface area contributed by atoms with Crippen LogP contribution in [0.4, 0.5) is 0 Å². The van der Waals surface area contributed by atoms with Gasteiger partial charge in [0.15, 0.2) is 5.78 Å². The van der Waals surface area contributed by atoms with Crippen LogP contribution >= 0.6 is 0 Å². The van der Waals surface area contributed by atoms with Gasteiger partial charge >= 0.3 is 0 Å². The van der Waals surface area contributed by atoms with Crippen molar-refractivity contribution >= 4 is 5.78 Å². The molecule has 0 spiro atoms. The minimum atomic E-state index is -0.464. The molecular weight excluding hydrogens is 348 g/mol. The minimum absolute atomic E-state index is 0.0291. The molecule has 0 aliphatic heterocycles. The molecule has 2 fully saturated rings. The average Bonchev–Trinajstić information content (AvgIpc) is 3.37. The first-order valence-corrected chi connectivity index (χ1v) is 10.7. The molecule has 0 amide bonds. The molecule has 2 saturated carbocycles. The van der Waals surface area contributed by atoms with Gasteiger partial charge in [-0.3, -0.25) is 4.79 Å². The van der Waals surface area contributed by atoms with Crippen LogP contribution in [0.15, 0.2) is 36.4 Å². The first-order chi connectivity index (χ1) is 13.5. The normalized spacial score (nSPS) is 24.6. The number of benzene rings is 1. The molecule has 150 valence electrons. The number of hydrogen-bond acceptors (Lipinski definition) is 3. The lowest BCUT2D eigenvalue weighted by Gasteiger charge is -2.21. The molecule has 4 nitrogen and oxygen atoms in total. The van der Waals surface area contributed by atoms with E-state index < -0.39 is 5.54 Å². The third-order valence-electron chi connectivity index (χ3n) is 6.72. The Bertz CT molecular complexity index is 835. The molecule has 1 aromatic carbocycles. The first-order valence-electron chi connectivity index (χ1n) is 10.7. The lowest BCUT2D eigenvalue weighted by molar-refractivity contribution is 0.0972. The SMILES string of the molecule is Cn1c(C(=O)CCCc2ccc(C3CC3)cc2)ccc1C1CCC(N)(CO)C1. The number of Topliss-reactive ketones (excluding diaryl/α,β-unsaturated/α-hetero) is 1. The van der Waals surface area contributed by atoms with E-state index in [9.17, 15) is 9.90 Å². The number of carbonyl (C=O) groups is 1. The fourth-order valence-electron chi connectivity index (χ4n) is 4.72. The highest BCUT2D eigenvalue weighted by Gasteiger charge is 2.37. The molecule has 0 bridgehead atoms. The van der Waals surface area contributed by atoms with Crippen LogP contribution in [0.5, 0.6) is 0 Å². The third-order valence-corrected chi connectivity index (χ3v) is 6.72. The Balaban J connectivity index is 1.32. The van der Waals surface area contributed by atoms with Gasteiger partial charge in [0.2, 0.25) is 0 Å². The van der Waals surface area contributed by atoms with Crippen LogP contribution in [0.25, 0.3) is 0 Å². The highest BCUT2D eigenvalue weighted by atomic mass is 16.3. The summed E-state index contributed by atoms with van der Waals surface area (Å²) in [6.07, 6.45) is 7.65. The lowest BCUT2D eigenvalue weighted by Crippen LogP contribution is -2.40. The second-order valence-electron chi connectivity index (χ2n) is 8.96. The summed E-state index contributed by atoms with van der Waals surface area (Å²) in [6.45, 7) is 0.0291. The second kappa shape index (κ2) is 7.84. The summed E-state index contributed by atoms with van der Waals surface area (Å²) in [5, 5.41) is 9.50. The number of aliphatic hydroxyl groups excluding tert-OH is 1. The van der Waals surface area contributed by atoms with Gasteiger partial charge in [-0.05, 0) is 74.1 Å². The number of aliphatic hydroxyl groups is 1. The highest BCUT2D eigenvalue weighted by molar-refractivity contribution is 5.94. The predicted molar refractivity (Wildman–Crippen MR) is 112 cm³/mol. The number of aryl methyl sites for hydroxylation is 1. The Hall–Kier alpha value is -1.91. The molecule has 2 aliphatic carbocycles. The quantitative estimate of drug-likeness (QED) is 0.679. The van der Waals surface area contributed by atoms with Gasteiger partial charge in [0.1, 0.15) is 0 Å². The molecule has 28 heavy (non-hydrogen) atoms. The van der Waals surface area contributed by atoms with Gasteiger partial charge in [-0.2, -0.15) is 0 Å². The van der Waals surface area contributed by atoms with Crippen LogP contribution in [-0.4, -0.2) is 27.6 Å². The van der Waals surface area contributed by atoms with Crippen molar-refractivity contribution in [2.75, 3.05) is 6.61 Å². The maximum absolute atomic E-state index is 12.7. The standard InChI is InChI=1S/C24H32N2O2/c1-26-21(20-13-14-24(25,15-20)16-27)11-12-22(26)23(28)4-2-3-17-5-7-18(8-6-17)19-9-10-19/h5-8,11-12,19-20,27H,2-4,9-10,13-16,25H2,1H3. The maximum atomic E-state index is 12.7. The monoisotopic (exact) mass is 380 g/mol. The van der Waals surface area contributed by atoms with E-state index in [-0.39, 0.29) is 12.4 Å². The molecule has 4 rings (SSSR count). The van der Waals surface area contributed by atoms with Gasteiger partial charge in [0.25, 0.3) is 0 Å². The van der Waals surface area contributed by atoms with Gasteiger partial charge in [-0.25, -0.2) is 0 Å². The molecule has 0 saturated heterocycles. The Labute approximate surface area is 167 Å². The number of nitrogens with two attached hydrogens (primary N) is 1. The summed E-state index contributed by atoms with van der Waals surface area (Å²) in [7, 11) is 1.98. The summed E-state index contributed by atoms with van der Waals surface area (Å²) < 4.78 is 2.04. The molecule has 2 aliphatic rings. The second-order valence-corrected chi connectivity index (χ2v) is 8.96. The third kappa shape index (κ3) is 4.08. The molecule has 1 aromatic heterocycles. The molecule has 0 radical (unpaired) electrons. The summed E-state index contributed by atoms with van der Waals surface area (Å²) in [6, 6.07) is 13.0. The van der Waals surface area contributed by atoms with Crippen molar-refractivity contribution in [3.63, 3.8) is 0 Å². The number of hydrogen-bond donors (Lipinski definition) is 2. The summed E-state index contributed by atoms with van der Waals surface area (Å²) in [5.41, 5.74) is 10.5. The van der Waals surface area contributed by atoms with E-state index in [1.165, 1.54) is 29.7 Å². The molecule has 1 heterocycles. The van der Waals surface area contributed by atoms with Crippen molar-refractivity contribution in [3.8, 4) is 0 Å². The van der Waals surface area contributed by atoms with Gasteiger partial charge in [-0.1, -0.05) is 24.3 Å². The Morgan fingerprint density at radius 3 is 2.54 bits per heavy atom. The van der Waals surface area contributed by atoms with Crippen molar-refractivity contribution in [1.82, 2.24) is 4.57 Å². The van der Waals surface area contributed by atoms with E-state index in [1.807, 2.05) is 17.7 Å². The highest BCUT2D eigenvalue weighted by Crippen LogP contribution is 2.40. The van der Waals surface area contributed by atoms with Crippen LogP contribution in [-0.2, 0) is 13.5 Å². The summed E-state index contributed by atoms with van der Waals surface area (Å²) in [4.78, 5) is 12.7. The van der Waals surface area contributed by atoms with Crippen LogP contribution in [0, 0.1) is 0 Å². The number of rotatable bonds is 8. The molecule has 2 atom stereocenters. The fourth-order valence-corrected chi connectivity index (χ4v) is 4.72. The zero-order valence-corrected chi connectivity index (χ0v) is 16.9. The topological polar surface area (TPSA) is 68.2 Å². The number of nitrogens with zero attached hydrogens (tertiary/aromatic N) is 1. The van der Waals surface area contributed by atoms with Crippen LogP contribution in [0.3, 0.4) is 0 Å². The van der Waals surface area contributed by atoms with Crippen molar-refractivity contribution in [3.05, 3.63) is 58.9 Å². The van der Waals surface area contributed by atoms with E-state index in [2.05, 4.69) is 30.3 Å². The van der Waals surface area contributed by atoms with E-state index in [4.69, 9.17) is 5.73 Å².